The molecule has 184 valence electrons. The predicted molar refractivity (Wildman–Crippen MR) is 142 cm³/mol. The molecule has 1 aliphatic heterocycles. The van der Waals surface area contributed by atoms with Crippen molar-refractivity contribution in [1.82, 2.24) is 10.6 Å². The Bertz CT molecular complexity index is 1430. The second-order valence-electron chi connectivity index (χ2n) is 8.57. The number of ether oxygens (including phenoxy) is 2. The van der Waals surface area contributed by atoms with Crippen LogP contribution in [0.4, 0.5) is 4.79 Å². The third-order valence-corrected chi connectivity index (χ3v) is 6.17. The van der Waals surface area contributed by atoms with E-state index in [9.17, 15) is 9.59 Å². The van der Waals surface area contributed by atoms with Gasteiger partial charge in [-0.25, -0.2) is 4.79 Å². The number of carbonyl (C=O) groups is 2. The van der Waals surface area contributed by atoms with E-state index >= 15 is 0 Å². The van der Waals surface area contributed by atoms with Gasteiger partial charge in [0.15, 0.2) is 17.3 Å². The van der Waals surface area contributed by atoms with E-state index in [-0.39, 0.29) is 5.78 Å². The van der Waals surface area contributed by atoms with E-state index in [4.69, 9.17) is 9.47 Å². The summed E-state index contributed by atoms with van der Waals surface area (Å²) in [6, 6.07) is 32.6. The number of carbonyl (C=O) groups excluding carboxylic acids is 2. The summed E-state index contributed by atoms with van der Waals surface area (Å²) in [6.45, 7) is 0.385. The number of amides is 2. The maximum absolute atomic E-state index is 13.8. The van der Waals surface area contributed by atoms with Crippen molar-refractivity contribution in [3.8, 4) is 11.5 Å². The van der Waals surface area contributed by atoms with E-state index in [0.29, 0.717) is 40.5 Å². The Labute approximate surface area is 215 Å². The molecule has 2 N–H and O–H groups in total. The van der Waals surface area contributed by atoms with Crippen LogP contribution in [0.5, 0.6) is 11.5 Å². The van der Waals surface area contributed by atoms with Gasteiger partial charge in [-0.3, -0.25) is 4.79 Å². The summed E-state index contributed by atoms with van der Waals surface area (Å²) >= 11 is 0. The smallest absolute Gasteiger partial charge is 0.320 e. The van der Waals surface area contributed by atoms with Gasteiger partial charge in [-0.1, -0.05) is 97.1 Å². The predicted octanol–water partition coefficient (Wildman–Crippen LogP) is 5.92. The molecular weight excluding hydrogens is 464 g/mol. The van der Waals surface area contributed by atoms with Gasteiger partial charge in [-0.05, 0) is 28.8 Å². The fourth-order valence-electron chi connectivity index (χ4n) is 4.35. The molecule has 0 saturated carbocycles. The van der Waals surface area contributed by atoms with Crippen molar-refractivity contribution in [2.24, 2.45) is 0 Å². The second kappa shape index (κ2) is 10.8. The summed E-state index contributed by atoms with van der Waals surface area (Å²) in [4.78, 5) is 26.6. The van der Waals surface area contributed by atoms with E-state index in [1.165, 1.54) is 0 Å². The molecule has 0 saturated heterocycles. The number of benzene rings is 4. The molecule has 6 nitrogen and oxygen atoms in total. The maximum Gasteiger partial charge on any atom is 0.320 e. The van der Waals surface area contributed by atoms with Gasteiger partial charge in [-0.15, -0.1) is 0 Å². The molecule has 0 radical (unpaired) electrons. The normalized spacial score (nSPS) is 14.9. The molecule has 5 rings (SSSR count). The zero-order chi connectivity index (χ0) is 25.6. The Morgan fingerprint density at radius 1 is 0.811 bits per heavy atom. The number of nitrogens with one attached hydrogen (secondary N) is 2. The van der Waals surface area contributed by atoms with E-state index in [1.54, 1.807) is 31.4 Å². The standard InChI is InChI=1S/C31H26N2O4/c1-36-26-19-24(17-18-25(26)37-20-21-11-5-2-6-12-21)29-27(30(34)23-15-9-4-10-16-23)28(32-31(35)33-29)22-13-7-3-8-14-22/h2-19,29H,20H2,1H3,(H2,32,33,35)/t29-/m0/s1. The van der Waals surface area contributed by atoms with Crippen LogP contribution in [0, 0.1) is 0 Å². The monoisotopic (exact) mass is 490 g/mol. The van der Waals surface area contributed by atoms with Gasteiger partial charge < -0.3 is 20.1 Å². The van der Waals surface area contributed by atoms with Gasteiger partial charge in [0.2, 0.25) is 0 Å². The minimum Gasteiger partial charge on any atom is -0.493 e. The SMILES string of the molecule is COc1cc([C@@H]2NC(=O)NC(c3ccccc3)=C2C(=O)c2ccccc2)ccc1OCc1ccccc1. The molecule has 1 aliphatic rings. The van der Waals surface area contributed by atoms with Gasteiger partial charge in [0.25, 0.3) is 0 Å². The Morgan fingerprint density at radius 2 is 1.46 bits per heavy atom. The third kappa shape index (κ3) is 5.23. The van der Waals surface area contributed by atoms with Crippen LogP contribution >= 0.6 is 0 Å². The quantitative estimate of drug-likeness (QED) is 0.301. The molecule has 1 heterocycles. The molecule has 37 heavy (non-hydrogen) atoms. The lowest BCUT2D eigenvalue weighted by molar-refractivity contribution is 0.102. The molecule has 4 aromatic rings. The Kier molecular flexibility index (Phi) is 6.99. The first-order valence-corrected chi connectivity index (χ1v) is 12.0. The largest absolute Gasteiger partial charge is 0.493 e. The van der Waals surface area contributed by atoms with Crippen LogP contribution in [0.1, 0.15) is 33.1 Å². The van der Waals surface area contributed by atoms with Crippen LogP contribution in [-0.2, 0) is 6.61 Å². The lowest BCUT2D eigenvalue weighted by Gasteiger charge is -2.30. The van der Waals surface area contributed by atoms with Crippen LogP contribution in [0.2, 0.25) is 0 Å². The Hall–Kier alpha value is -4.84. The van der Waals surface area contributed by atoms with E-state index < -0.39 is 12.1 Å². The van der Waals surface area contributed by atoms with Gasteiger partial charge in [0, 0.05) is 5.56 Å². The molecule has 6 heteroatoms. The second-order valence-corrected chi connectivity index (χ2v) is 8.57. The minimum atomic E-state index is -0.700. The fraction of sp³-hybridized carbons (Fsp3) is 0.0968. The van der Waals surface area contributed by atoms with Crippen LogP contribution in [0.15, 0.2) is 115 Å². The van der Waals surface area contributed by atoms with E-state index in [2.05, 4.69) is 10.6 Å². The summed E-state index contributed by atoms with van der Waals surface area (Å²) in [7, 11) is 1.57. The topological polar surface area (TPSA) is 76.7 Å². The van der Waals surface area contributed by atoms with Crippen molar-refractivity contribution in [2.75, 3.05) is 7.11 Å². The number of Topliss-reactive ketones (excluding diaryl/α,β-unsaturated/α-hetero) is 1. The number of methoxy groups -OCH3 is 1. The fourth-order valence-corrected chi connectivity index (χ4v) is 4.35. The van der Waals surface area contributed by atoms with E-state index in [0.717, 1.165) is 11.1 Å². The maximum atomic E-state index is 13.8. The summed E-state index contributed by atoms with van der Waals surface area (Å²) in [5.41, 5.74) is 3.93. The zero-order valence-corrected chi connectivity index (χ0v) is 20.3. The van der Waals surface area contributed by atoms with Gasteiger partial charge in [0.05, 0.1) is 24.4 Å². The highest BCUT2D eigenvalue weighted by atomic mass is 16.5. The van der Waals surface area contributed by atoms with Crippen LogP contribution in [0.25, 0.3) is 5.70 Å². The van der Waals surface area contributed by atoms with Crippen LogP contribution in [-0.4, -0.2) is 18.9 Å². The van der Waals surface area contributed by atoms with Gasteiger partial charge in [-0.2, -0.15) is 0 Å². The summed E-state index contributed by atoms with van der Waals surface area (Å²) in [5.74, 6) is 0.896. The highest BCUT2D eigenvalue weighted by Gasteiger charge is 2.34. The first-order valence-electron chi connectivity index (χ1n) is 12.0. The summed E-state index contributed by atoms with van der Waals surface area (Å²) in [6.07, 6.45) is 0. The molecule has 1 atom stereocenters. The number of urea groups is 1. The number of hydrogen-bond acceptors (Lipinski definition) is 4. The summed E-state index contributed by atoms with van der Waals surface area (Å²) < 4.78 is 11.6. The lowest BCUT2D eigenvalue weighted by atomic mass is 9.87. The molecule has 4 aromatic carbocycles. The minimum absolute atomic E-state index is 0.180. The number of hydrogen-bond donors (Lipinski definition) is 2. The third-order valence-electron chi connectivity index (χ3n) is 6.17. The molecular formula is C31H26N2O4. The molecule has 0 aliphatic carbocycles. The van der Waals surface area contributed by atoms with Gasteiger partial charge >= 0.3 is 6.03 Å². The number of ketones is 1. The lowest BCUT2D eigenvalue weighted by Crippen LogP contribution is -2.45. The average Bonchev–Trinajstić information content (AvgIpc) is 2.96. The summed E-state index contributed by atoms with van der Waals surface area (Å²) in [5, 5.41) is 5.80. The van der Waals surface area contributed by atoms with Crippen molar-refractivity contribution in [1.29, 1.82) is 0 Å². The Balaban J connectivity index is 1.56. The van der Waals surface area contributed by atoms with Crippen molar-refractivity contribution < 1.29 is 19.1 Å². The van der Waals surface area contributed by atoms with Crippen molar-refractivity contribution in [2.45, 2.75) is 12.6 Å². The van der Waals surface area contributed by atoms with Crippen LogP contribution in [0.3, 0.4) is 0 Å². The van der Waals surface area contributed by atoms with Crippen molar-refractivity contribution in [3.05, 3.63) is 137 Å². The molecule has 0 fully saturated rings. The van der Waals surface area contributed by atoms with Crippen LogP contribution < -0.4 is 20.1 Å². The highest BCUT2D eigenvalue weighted by molar-refractivity contribution is 6.16. The molecule has 0 aromatic heterocycles. The van der Waals surface area contributed by atoms with Crippen molar-refractivity contribution in [3.63, 3.8) is 0 Å². The first kappa shape index (κ1) is 23.9. The molecule has 2 amide bonds. The highest BCUT2D eigenvalue weighted by Crippen LogP contribution is 2.37. The van der Waals surface area contributed by atoms with Gasteiger partial charge in [0.1, 0.15) is 6.61 Å². The Morgan fingerprint density at radius 3 is 2.14 bits per heavy atom. The zero-order valence-electron chi connectivity index (χ0n) is 20.3. The average molecular weight is 491 g/mol. The van der Waals surface area contributed by atoms with E-state index in [1.807, 2.05) is 84.9 Å². The molecule has 0 spiro atoms. The van der Waals surface area contributed by atoms with Crippen molar-refractivity contribution >= 4 is 17.5 Å². The number of rotatable bonds is 8. The first-order chi connectivity index (χ1) is 18.1. The molecule has 0 unspecified atom stereocenters. The molecule has 0 bridgehead atoms.